The number of fused-ring (bicyclic) bond motifs is 1. The molecular weight excluding hydrogens is 338 g/mol. The first-order valence-corrected chi connectivity index (χ1v) is 9.13. The van der Waals surface area contributed by atoms with Gasteiger partial charge in [0.15, 0.2) is 0 Å². The molecule has 0 atom stereocenters. The lowest BCUT2D eigenvalue weighted by molar-refractivity contribution is -0.130. The lowest BCUT2D eigenvalue weighted by atomic mass is 10.0. The van der Waals surface area contributed by atoms with Gasteiger partial charge < -0.3 is 9.80 Å². The third-order valence-electron chi connectivity index (χ3n) is 5.03. The predicted molar refractivity (Wildman–Crippen MR) is 105 cm³/mol. The average Bonchev–Trinajstić information content (AvgIpc) is 2.73. The Kier molecular flexibility index (Phi) is 4.59. The maximum absolute atomic E-state index is 13.3. The van der Waals surface area contributed by atoms with Crippen molar-refractivity contribution in [2.75, 3.05) is 26.2 Å². The van der Waals surface area contributed by atoms with Crippen LogP contribution >= 0.6 is 0 Å². The molecule has 27 heavy (non-hydrogen) atoms. The maximum Gasteiger partial charge on any atom is 0.254 e. The van der Waals surface area contributed by atoms with E-state index in [-0.39, 0.29) is 11.8 Å². The van der Waals surface area contributed by atoms with Crippen LogP contribution in [0.5, 0.6) is 0 Å². The Balaban J connectivity index is 1.72. The molecular formula is C22H21N3O2. The number of benzene rings is 2. The molecule has 0 bridgehead atoms. The van der Waals surface area contributed by atoms with Crippen molar-refractivity contribution >= 4 is 22.7 Å². The molecule has 1 fully saturated rings. The Bertz CT molecular complexity index is 993. The molecule has 5 nitrogen and oxygen atoms in total. The van der Waals surface area contributed by atoms with E-state index in [2.05, 4.69) is 0 Å². The number of carbonyl (C=O) groups is 2. The highest BCUT2D eigenvalue weighted by molar-refractivity contribution is 6.07. The van der Waals surface area contributed by atoms with Crippen LogP contribution in [-0.2, 0) is 4.79 Å². The highest BCUT2D eigenvalue weighted by Crippen LogP contribution is 2.26. The summed E-state index contributed by atoms with van der Waals surface area (Å²) in [5.74, 6) is 0.0526. The molecule has 1 saturated heterocycles. The van der Waals surface area contributed by atoms with Crippen molar-refractivity contribution in [3.8, 4) is 11.3 Å². The zero-order valence-electron chi connectivity index (χ0n) is 15.3. The standard InChI is InChI=1S/C22H21N3O2/c1-16(26)24-11-13-25(14-12-24)22(27)19-15-21(17-7-3-2-4-8-17)23-20-10-6-5-9-18(19)20/h2-10,15H,11-14H2,1H3. The van der Waals surface area contributed by atoms with Crippen LogP contribution in [0.2, 0.25) is 0 Å². The molecule has 3 aromatic rings. The van der Waals surface area contributed by atoms with Crippen LogP contribution in [-0.4, -0.2) is 52.8 Å². The van der Waals surface area contributed by atoms with Gasteiger partial charge in [-0.15, -0.1) is 0 Å². The van der Waals surface area contributed by atoms with Crippen LogP contribution in [0.3, 0.4) is 0 Å². The summed E-state index contributed by atoms with van der Waals surface area (Å²) in [5, 5.41) is 0.858. The fourth-order valence-corrected chi connectivity index (χ4v) is 3.50. The van der Waals surface area contributed by atoms with Gasteiger partial charge in [0.05, 0.1) is 16.8 Å². The highest BCUT2D eigenvalue weighted by atomic mass is 16.2. The highest BCUT2D eigenvalue weighted by Gasteiger charge is 2.25. The number of aromatic nitrogens is 1. The van der Waals surface area contributed by atoms with Gasteiger partial charge >= 0.3 is 0 Å². The van der Waals surface area contributed by atoms with Crippen LogP contribution in [0.15, 0.2) is 60.7 Å². The molecule has 0 aliphatic carbocycles. The molecule has 1 aromatic heterocycles. The zero-order valence-corrected chi connectivity index (χ0v) is 15.3. The molecule has 0 radical (unpaired) electrons. The Hall–Kier alpha value is -3.21. The van der Waals surface area contributed by atoms with Gasteiger partial charge in [0, 0.05) is 44.1 Å². The number of para-hydroxylation sites is 1. The largest absolute Gasteiger partial charge is 0.339 e. The Morgan fingerprint density at radius 2 is 1.48 bits per heavy atom. The van der Waals surface area contributed by atoms with Gasteiger partial charge in [0.2, 0.25) is 5.91 Å². The molecule has 1 aliphatic heterocycles. The van der Waals surface area contributed by atoms with E-state index in [9.17, 15) is 9.59 Å². The van der Waals surface area contributed by atoms with Gasteiger partial charge in [0.25, 0.3) is 5.91 Å². The minimum Gasteiger partial charge on any atom is -0.339 e. The SMILES string of the molecule is CC(=O)N1CCN(C(=O)c2cc(-c3ccccc3)nc3ccccc23)CC1. The first-order valence-electron chi connectivity index (χ1n) is 9.13. The van der Waals surface area contributed by atoms with Crippen LogP contribution in [0, 0.1) is 0 Å². The third-order valence-corrected chi connectivity index (χ3v) is 5.03. The van der Waals surface area contributed by atoms with E-state index in [4.69, 9.17) is 4.98 Å². The van der Waals surface area contributed by atoms with Gasteiger partial charge in [0.1, 0.15) is 0 Å². The van der Waals surface area contributed by atoms with E-state index in [0.29, 0.717) is 31.7 Å². The summed E-state index contributed by atoms with van der Waals surface area (Å²) in [5.41, 5.74) is 3.25. The monoisotopic (exact) mass is 359 g/mol. The van der Waals surface area contributed by atoms with Crippen molar-refractivity contribution < 1.29 is 9.59 Å². The third kappa shape index (κ3) is 3.40. The Morgan fingerprint density at radius 1 is 0.852 bits per heavy atom. The van der Waals surface area contributed by atoms with Gasteiger partial charge in [-0.25, -0.2) is 4.98 Å². The first-order chi connectivity index (χ1) is 13.1. The molecule has 2 amide bonds. The second-order valence-corrected chi connectivity index (χ2v) is 6.74. The number of piperazine rings is 1. The smallest absolute Gasteiger partial charge is 0.254 e. The Morgan fingerprint density at radius 3 is 2.19 bits per heavy atom. The van der Waals surface area contributed by atoms with E-state index in [1.807, 2.05) is 65.6 Å². The molecule has 0 spiro atoms. The minimum atomic E-state index is -0.00557. The summed E-state index contributed by atoms with van der Waals surface area (Å²) >= 11 is 0. The van der Waals surface area contributed by atoms with Gasteiger partial charge in [-0.05, 0) is 12.1 Å². The number of amides is 2. The number of hydrogen-bond acceptors (Lipinski definition) is 3. The molecule has 0 unspecified atom stereocenters. The van der Waals surface area contributed by atoms with Gasteiger partial charge in [-0.3, -0.25) is 9.59 Å². The van der Waals surface area contributed by atoms with E-state index in [1.165, 1.54) is 0 Å². The maximum atomic E-state index is 13.3. The van der Waals surface area contributed by atoms with Crippen molar-refractivity contribution in [3.05, 3.63) is 66.2 Å². The quantitative estimate of drug-likeness (QED) is 0.706. The normalized spacial score (nSPS) is 14.4. The van der Waals surface area contributed by atoms with E-state index in [0.717, 1.165) is 22.2 Å². The fraction of sp³-hybridized carbons (Fsp3) is 0.227. The molecule has 5 heteroatoms. The zero-order chi connectivity index (χ0) is 18.8. The fourth-order valence-electron chi connectivity index (χ4n) is 3.50. The molecule has 0 N–H and O–H groups in total. The summed E-state index contributed by atoms with van der Waals surface area (Å²) in [4.78, 5) is 33.2. The predicted octanol–water partition coefficient (Wildman–Crippen LogP) is 3.21. The van der Waals surface area contributed by atoms with Crippen LogP contribution in [0.4, 0.5) is 0 Å². The number of carbonyl (C=O) groups excluding carboxylic acids is 2. The summed E-state index contributed by atoms with van der Waals surface area (Å²) in [6.45, 7) is 3.83. The first kappa shape index (κ1) is 17.2. The molecule has 1 aliphatic rings. The van der Waals surface area contributed by atoms with Crippen LogP contribution in [0.25, 0.3) is 22.2 Å². The average molecular weight is 359 g/mol. The van der Waals surface area contributed by atoms with Crippen molar-refractivity contribution in [1.29, 1.82) is 0 Å². The summed E-state index contributed by atoms with van der Waals surface area (Å²) in [6.07, 6.45) is 0. The number of pyridine rings is 1. The van der Waals surface area contributed by atoms with E-state index >= 15 is 0 Å². The number of hydrogen-bond donors (Lipinski definition) is 0. The Labute approximate surface area is 158 Å². The lowest BCUT2D eigenvalue weighted by Gasteiger charge is -2.34. The van der Waals surface area contributed by atoms with Crippen molar-refractivity contribution in [2.24, 2.45) is 0 Å². The summed E-state index contributed by atoms with van der Waals surface area (Å²) in [7, 11) is 0. The van der Waals surface area contributed by atoms with Crippen molar-refractivity contribution in [1.82, 2.24) is 14.8 Å². The number of rotatable bonds is 2. The molecule has 2 heterocycles. The molecule has 2 aromatic carbocycles. The van der Waals surface area contributed by atoms with Gasteiger partial charge in [-0.2, -0.15) is 0 Å². The second-order valence-electron chi connectivity index (χ2n) is 6.74. The van der Waals surface area contributed by atoms with Crippen molar-refractivity contribution in [2.45, 2.75) is 6.92 Å². The van der Waals surface area contributed by atoms with E-state index in [1.54, 1.807) is 11.8 Å². The summed E-state index contributed by atoms with van der Waals surface area (Å²) in [6, 6.07) is 19.5. The van der Waals surface area contributed by atoms with Crippen molar-refractivity contribution in [3.63, 3.8) is 0 Å². The molecule has 4 rings (SSSR count). The topological polar surface area (TPSA) is 53.5 Å². The van der Waals surface area contributed by atoms with E-state index < -0.39 is 0 Å². The van der Waals surface area contributed by atoms with Gasteiger partial charge in [-0.1, -0.05) is 48.5 Å². The second kappa shape index (κ2) is 7.19. The van der Waals surface area contributed by atoms with Crippen LogP contribution < -0.4 is 0 Å². The lowest BCUT2D eigenvalue weighted by Crippen LogP contribution is -2.50. The molecule has 0 saturated carbocycles. The van der Waals surface area contributed by atoms with Crippen LogP contribution in [0.1, 0.15) is 17.3 Å². The minimum absolute atomic E-state index is 0.00557. The summed E-state index contributed by atoms with van der Waals surface area (Å²) < 4.78 is 0. The molecule has 136 valence electrons. The number of nitrogens with zero attached hydrogens (tertiary/aromatic N) is 3.